The topological polar surface area (TPSA) is 35.5 Å². The van der Waals surface area contributed by atoms with Crippen LogP contribution in [0.5, 0.6) is 0 Å². The van der Waals surface area contributed by atoms with E-state index in [1.165, 1.54) is 0 Å². The van der Waals surface area contributed by atoms with E-state index in [0.29, 0.717) is 18.3 Å². The molecule has 3 heterocycles. The summed E-state index contributed by atoms with van der Waals surface area (Å²) >= 11 is 0. The third-order valence-corrected chi connectivity index (χ3v) is 2.41. The molecule has 0 saturated carbocycles. The highest BCUT2D eigenvalue weighted by molar-refractivity contribution is 5.49. The summed E-state index contributed by atoms with van der Waals surface area (Å²) in [5, 5.41) is 0. The summed E-state index contributed by atoms with van der Waals surface area (Å²) in [7, 11) is 0. The predicted molar refractivity (Wildman–Crippen MR) is 38.0 cm³/mol. The second kappa shape index (κ2) is 2.91. The Kier molecular flexibility index (Phi) is 1.92. The zero-order valence-corrected chi connectivity index (χ0v) is 6.36. The van der Waals surface area contributed by atoms with Crippen molar-refractivity contribution in [1.29, 1.82) is 0 Å². The van der Waals surface area contributed by atoms with Crippen molar-refractivity contribution < 1.29 is 14.3 Å². The standard InChI is InChI=1S/C8H12O3/c9-2-1-7-3-6-4-10-8(7)11-5-6/h2,6-8H,1,3-5H2. The van der Waals surface area contributed by atoms with Crippen LogP contribution >= 0.6 is 0 Å². The minimum atomic E-state index is -0.0924. The highest BCUT2D eigenvalue weighted by atomic mass is 16.7. The summed E-state index contributed by atoms with van der Waals surface area (Å²) in [6.07, 6.45) is 2.55. The molecule has 3 heteroatoms. The van der Waals surface area contributed by atoms with E-state index in [9.17, 15) is 4.79 Å². The zero-order valence-electron chi connectivity index (χ0n) is 6.36. The predicted octanol–water partition coefficient (Wildman–Crippen LogP) is 0.584. The van der Waals surface area contributed by atoms with Crippen molar-refractivity contribution in [2.75, 3.05) is 13.2 Å². The smallest absolute Gasteiger partial charge is 0.160 e. The maximum absolute atomic E-state index is 10.2. The molecule has 0 aromatic carbocycles. The van der Waals surface area contributed by atoms with Gasteiger partial charge in [-0.05, 0) is 6.42 Å². The summed E-state index contributed by atoms with van der Waals surface area (Å²) in [4.78, 5) is 10.2. The molecule has 3 rings (SSSR count). The van der Waals surface area contributed by atoms with Crippen molar-refractivity contribution in [3.63, 3.8) is 0 Å². The van der Waals surface area contributed by atoms with E-state index in [-0.39, 0.29) is 6.29 Å². The molecule has 0 radical (unpaired) electrons. The van der Waals surface area contributed by atoms with Crippen molar-refractivity contribution in [2.45, 2.75) is 19.1 Å². The molecular weight excluding hydrogens is 144 g/mol. The Hall–Kier alpha value is -0.410. The SMILES string of the molecule is O=CCC1CC2COC1OC2. The van der Waals surface area contributed by atoms with Gasteiger partial charge in [-0.25, -0.2) is 0 Å². The Morgan fingerprint density at radius 2 is 2.09 bits per heavy atom. The molecule has 3 aliphatic heterocycles. The fourth-order valence-corrected chi connectivity index (χ4v) is 1.84. The van der Waals surface area contributed by atoms with Crippen LogP contribution in [0.25, 0.3) is 0 Å². The summed E-state index contributed by atoms with van der Waals surface area (Å²) in [6, 6.07) is 0. The molecule has 0 aromatic rings. The molecule has 3 saturated heterocycles. The van der Waals surface area contributed by atoms with Crippen LogP contribution in [0.2, 0.25) is 0 Å². The normalized spacial score (nSPS) is 42.4. The molecule has 1 atom stereocenters. The highest BCUT2D eigenvalue weighted by Gasteiger charge is 2.36. The van der Waals surface area contributed by atoms with E-state index >= 15 is 0 Å². The fraction of sp³-hybridized carbons (Fsp3) is 0.875. The average Bonchev–Trinajstić information content (AvgIpc) is 2.07. The van der Waals surface area contributed by atoms with Gasteiger partial charge in [0.25, 0.3) is 0 Å². The molecule has 3 aliphatic rings. The maximum atomic E-state index is 10.2. The highest BCUT2D eigenvalue weighted by Crippen LogP contribution is 2.33. The molecule has 11 heavy (non-hydrogen) atoms. The van der Waals surface area contributed by atoms with E-state index in [1.54, 1.807) is 0 Å². The van der Waals surface area contributed by atoms with Crippen LogP contribution in [-0.4, -0.2) is 25.8 Å². The number of ether oxygens (including phenoxy) is 2. The lowest BCUT2D eigenvalue weighted by Crippen LogP contribution is -2.45. The van der Waals surface area contributed by atoms with Gasteiger partial charge in [0.15, 0.2) is 6.29 Å². The lowest BCUT2D eigenvalue weighted by atomic mass is 9.88. The first-order valence-corrected chi connectivity index (χ1v) is 4.07. The molecule has 2 bridgehead atoms. The monoisotopic (exact) mass is 156 g/mol. The quantitative estimate of drug-likeness (QED) is 0.549. The van der Waals surface area contributed by atoms with Gasteiger partial charge in [-0.1, -0.05) is 0 Å². The number of fused-ring (bicyclic) bond motifs is 3. The van der Waals surface area contributed by atoms with E-state index in [2.05, 4.69) is 0 Å². The van der Waals surface area contributed by atoms with Crippen LogP contribution < -0.4 is 0 Å². The van der Waals surface area contributed by atoms with E-state index in [4.69, 9.17) is 9.47 Å². The van der Waals surface area contributed by atoms with Crippen LogP contribution in [-0.2, 0) is 14.3 Å². The average molecular weight is 156 g/mol. The third-order valence-electron chi connectivity index (χ3n) is 2.41. The van der Waals surface area contributed by atoms with E-state index in [1.807, 2.05) is 0 Å². The Bertz CT molecular complexity index is 149. The van der Waals surface area contributed by atoms with Crippen molar-refractivity contribution in [3.05, 3.63) is 0 Å². The largest absolute Gasteiger partial charge is 0.352 e. The van der Waals surface area contributed by atoms with Gasteiger partial charge in [-0.3, -0.25) is 0 Å². The molecular formula is C8H12O3. The Balaban J connectivity index is 1.97. The molecule has 0 spiro atoms. The van der Waals surface area contributed by atoms with Crippen LogP contribution in [0, 0.1) is 11.8 Å². The van der Waals surface area contributed by atoms with Gasteiger partial charge in [0.2, 0.25) is 0 Å². The summed E-state index contributed by atoms with van der Waals surface area (Å²) in [5.41, 5.74) is 0. The molecule has 3 nitrogen and oxygen atoms in total. The third kappa shape index (κ3) is 1.30. The van der Waals surface area contributed by atoms with E-state index in [0.717, 1.165) is 25.9 Å². The van der Waals surface area contributed by atoms with Gasteiger partial charge in [0, 0.05) is 18.3 Å². The van der Waals surface area contributed by atoms with Crippen molar-refractivity contribution in [1.82, 2.24) is 0 Å². The van der Waals surface area contributed by atoms with Crippen LogP contribution in [0.1, 0.15) is 12.8 Å². The van der Waals surface area contributed by atoms with E-state index < -0.39 is 0 Å². The lowest BCUT2D eigenvalue weighted by molar-refractivity contribution is -0.262. The first kappa shape index (κ1) is 7.25. The lowest BCUT2D eigenvalue weighted by Gasteiger charge is -2.41. The van der Waals surface area contributed by atoms with Gasteiger partial charge in [0.1, 0.15) is 6.29 Å². The van der Waals surface area contributed by atoms with Gasteiger partial charge >= 0.3 is 0 Å². The van der Waals surface area contributed by atoms with Crippen molar-refractivity contribution in [2.24, 2.45) is 11.8 Å². The van der Waals surface area contributed by atoms with Gasteiger partial charge in [-0.2, -0.15) is 0 Å². The number of hydrogen-bond acceptors (Lipinski definition) is 3. The first-order valence-electron chi connectivity index (χ1n) is 4.07. The Morgan fingerprint density at radius 3 is 2.55 bits per heavy atom. The van der Waals surface area contributed by atoms with Gasteiger partial charge < -0.3 is 14.3 Å². The molecule has 0 amide bonds. The minimum absolute atomic E-state index is 0.0924. The molecule has 0 aromatic heterocycles. The Labute approximate surface area is 65.7 Å². The van der Waals surface area contributed by atoms with Gasteiger partial charge in [0.05, 0.1) is 13.2 Å². The number of rotatable bonds is 2. The molecule has 0 aliphatic carbocycles. The summed E-state index contributed by atoms with van der Waals surface area (Å²) in [6.45, 7) is 1.64. The second-order valence-corrected chi connectivity index (χ2v) is 3.30. The minimum Gasteiger partial charge on any atom is -0.352 e. The van der Waals surface area contributed by atoms with Gasteiger partial charge in [-0.15, -0.1) is 0 Å². The maximum Gasteiger partial charge on any atom is 0.160 e. The zero-order chi connectivity index (χ0) is 7.68. The number of carbonyl (C=O) groups excluding carboxylic acids is 1. The van der Waals surface area contributed by atoms with Crippen molar-refractivity contribution >= 4 is 6.29 Å². The number of hydrogen-bond donors (Lipinski definition) is 0. The molecule has 1 unspecified atom stereocenters. The second-order valence-electron chi connectivity index (χ2n) is 3.30. The van der Waals surface area contributed by atoms with Crippen LogP contribution in [0.4, 0.5) is 0 Å². The molecule has 62 valence electrons. The molecule has 3 fully saturated rings. The summed E-state index contributed by atoms with van der Waals surface area (Å²) in [5.74, 6) is 0.852. The van der Waals surface area contributed by atoms with Crippen LogP contribution in [0.3, 0.4) is 0 Å². The fourth-order valence-electron chi connectivity index (χ4n) is 1.84. The van der Waals surface area contributed by atoms with Crippen LogP contribution in [0.15, 0.2) is 0 Å². The van der Waals surface area contributed by atoms with Crippen molar-refractivity contribution in [3.8, 4) is 0 Å². The molecule has 0 N–H and O–H groups in total. The number of aldehydes is 1. The first-order chi connectivity index (χ1) is 5.40. The Morgan fingerprint density at radius 1 is 1.36 bits per heavy atom. The number of carbonyl (C=O) groups is 1. The summed E-state index contributed by atoms with van der Waals surface area (Å²) < 4.78 is 10.7.